The maximum atomic E-state index is 5.08. The zero-order chi connectivity index (χ0) is 9.68. The van der Waals surface area contributed by atoms with Crippen molar-refractivity contribution in [2.24, 2.45) is 0 Å². The van der Waals surface area contributed by atoms with Crippen molar-refractivity contribution >= 4 is 0 Å². The predicted molar refractivity (Wildman–Crippen MR) is 55.0 cm³/mol. The normalized spacial score (nSPS) is 25.4. The molecule has 1 heterocycles. The van der Waals surface area contributed by atoms with Crippen LogP contribution in [-0.4, -0.2) is 50.3 Å². The SMILES string of the molecule is COCC[C@@H]1CN(C(C)C)CCN1. The fourth-order valence-corrected chi connectivity index (χ4v) is 1.77. The molecule has 1 atom stereocenters. The molecule has 0 unspecified atom stereocenters. The summed E-state index contributed by atoms with van der Waals surface area (Å²) in [5.41, 5.74) is 0. The lowest BCUT2D eigenvalue weighted by molar-refractivity contribution is 0.129. The molecule has 3 nitrogen and oxygen atoms in total. The molecule has 0 radical (unpaired) electrons. The number of piperazine rings is 1. The van der Waals surface area contributed by atoms with Crippen LogP contribution in [-0.2, 0) is 4.74 Å². The molecule has 1 saturated heterocycles. The molecule has 0 aromatic heterocycles. The second-order valence-corrected chi connectivity index (χ2v) is 4.02. The summed E-state index contributed by atoms with van der Waals surface area (Å²) in [6.07, 6.45) is 1.12. The van der Waals surface area contributed by atoms with Crippen LogP contribution in [0.25, 0.3) is 0 Å². The van der Waals surface area contributed by atoms with E-state index in [-0.39, 0.29) is 0 Å². The van der Waals surface area contributed by atoms with E-state index in [1.807, 2.05) is 0 Å². The second-order valence-electron chi connectivity index (χ2n) is 4.02. The summed E-state index contributed by atoms with van der Waals surface area (Å²) in [4.78, 5) is 2.52. The molecule has 1 N–H and O–H groups in total. The monoisotopic (exact) mass is 186 g/mol. The van der Waals surface area contributed by atoms with Crippen molar-refractivity contribution in [3.05, 3.63) is 0 Å². The van der Waals surface area contributed by atoms with Crippen LogP contribution in [0.4, 0.5) is 0 Å². The van der Waals surface area contributed by atoms with Crippen LogP contribution in [0, 0.1) is 0 Å². The molecule has 0 aromatic carbocycles. The summed E-state index contributed by atoms with van der Waals surface area (Å²) in [6.45, 7) is 8.86. The minimum atomic E-state index is 0.621. The summed E-state index contributed by atoms with van der Waals surface area (Å²) in [5.74, 6) is 0. The standard InChI is InChI=1S/C10H22N2O/c1-9(2)12-6-5-11-10(8-12)4-7-13-3/h9-11H,4-8H2,1-3H3/t10-/m1/s1. The first-order valence-electron chi connectivity index (χ1n) is 5.20. The van der Waals surface area contributed by atoms with Crippen molar-refractivity contribution in [3.63, 3.8) is 0 Å². The Kier molecular flexibility index (Phi) is 4.70. The minimum absolute atomic E-state index is 0.621. The van der Waals surface area contributed by atoms with Crippen molar-refractivity contribution in [3.8, 4) is 0 Å². The molecule has 13 heavy (non-hydrogen) atoms. The predicted octanol–water partition coefficient (Wildman–Crippen LogP) is 0.705. The third kappa shape index (κ3) is 3.63. The van der Waals surface area contributed by atoms with Crippen molar-refractivity contribution < 1.29 is 4.74 Å². The van der Waals surface area contributed by atoms with E-state index in [0.29, 0.717) is 12.1 Å². The molecule has 78 valence electrons. The van der Waals surface area contributed by atoms with E-state index < -0.39 is 0 Å². The molecular weight excluding hydrogens is 164 g/mol. The van der Waals surface area contributed by atoms with Gasteiger partial charge in [0.15, 0.2) is 0 Å². The first kappa shape index (κ1) is 11.0. The van der Waals surface area contributed by atoms with Gasteiger partial charge in [0.05, 0.1) is 0 Å². The lowest BCUT2D eigenvalue weighted by atomic mass is 10.1. The first-order valence-corrected chi connectivity index (χ1v) is 5.20. The van der Waals surface area contributed by atoms with Gasteiger partial charge in [-0.1, -0.05) is 0 Å². The molecule has 0 aliphatic carbocycles. The number of ether oxygens (including phenoxy) is 1. The van der Waals surface area contributed by atoms with E-state index >= 15 is 0 Å². The van der Waals surface area contributed by atoms with Gasteiger partial charge >= 0.3 is 0 Å². The number of hydrogen-bond acceptors (Lipinski definition) is 3. The number of hydrogen-bond donors (Lipinski definition) is 1. The number of nitrogens with zero attached hydrogens (tertiary/aromatic N) is 1. The summed E-state index contributed by atoms with van der Waals surface area (Å²) < 4.78 is 5.08. The lowest BCUT2D eigenvalue weighted by Gasteiger charge is -2.36. The third-order valence-corrected chi connectivity index (χ3v) is 2.69. The minimum Gasteiger partial charge on any atom is -0.385 e. The Bertz CT molecular complexity index is 139. The highest BCUT2D eigenvalue weighted by molar-refractivity contribution is 4.79. The molecule has 0 saturated carbocycles. The fourth-order valence-electron chi connectivity index (χ4n) is 1.77. The molecule has 0 bridgehead atoms. The molecule has 3 heteroatoms. The maximum absolute atomic E-state index is 5.08. The van der Waals surface area contributed by atoms with Gasteiger partial charge in [0.25, 0.3) is 0 Å². The average Bonchev–Trinajstić information content (AvgIpc) is 2.15. The molecule has 1 aliphatic rings. The van der Waals surface area contributed by atoms with Gasteiger partial charge in [0, 0.05) is 45.4 Å². The van der Waals surface area contributed by atoms with Gasteiger partial charge in [0.2, 0.25) is 0 Å². The van der Waals surface area contributed by atoms with Gasteiger partial charge in [0.1, 0.15) is 0 Å². The summed E-state index contributed by atoms with van der Waals surface area (Å²) in [6, 6.07) is 1.29. The van der Waals surface area contributed by atoms with E-state index in [2.05, 4.69) is 24.1 Å². The highest BCUT2D eigenvalue weighted by atomic mass is 16.5. The first-order chi connectivity index (χ1) is 6.24. The van der Waals surface area contributed by atoms with Gasteiger partial charge in [-0.2, -0.15) is 0 Å². The Balaban J connectivity index is 2.25. The number of methoxy groups -OCH3 is 1. The molecule has 0 aromatic rings. The number of rotatable bonds is 4. The Labute approximate surface area is 81.4 Å². The van der Waals surface area contributed by atoms with Crippen LogP contribution in [0.2, 0.25) is 0 Å². The summed E-state index contributed by atoms with van der Waals surface area (Å²) in [5, 5.41) is 3.52. The van der Waals surface area contributed by atoms with Crippen LogP contribution in [0.3, 0.4) is 0 Å². The van der Waals surface area contributed by atoms with E-state index in [0.717, 1.165) is 19.6 Å². The lowest BCUT2D eigenvalue weighted by Crippen LogP contribution is -2.53. The fraction of sp³-hybridized carbons (Fsp3) is 1.00. The van der Waals surface area contributed by atoms with Crippen LogP contribution >= 0.6 is 0 Å². The molecule has 1 aliphatic heterocycles. The molecule has 0 amide bonds. The van der Waals surface area contributed by atoms with Gasteiger partial charge in [-0.05, 0) is 20.3 Å². The highest BCUT2D eigenvalue weighted by Gasteiger charge is 2.20. The highest BCUT2D eigenvalue weighted by Crippen LogP contribution is 2.06. The van der Waals surface area contributed by atoms with Gasteiger partial charge in [-0.15, -0.1) is 0 Å². The third-order valence-electron chi connectivity index (χ3n) is 2.69. The van der Waals surface area contributed by atoms with Gasteiger partial charge in [-0.25, -0.2) is 0 Å². The zero-order valence-electron chi connectivity index (χ0n) is 9.05. The topological polar surface area (TPSA) is 24.5 Å². The van der Waals surface area contributed by atoms with E-state index in [9.17, 15) is 0 Å². The van der Waals surface area contributed by atoms with Crippen molar-refractivity contribution in [1.29, 1.82) is 0 Å². The van der Waals surface area contributed by atoms with Crippen LogP contribution in [0.1, 0.15) is 20.3 Å². The van der Waals surface area contributed by atoms with Crippen LogP contribution in [0.15, 0.2) is 0 Å². The molecule has 1 rings (SSSR count). The molecule has 1 fully saturated rings. The van der Waals surface area contributed by atoms with Gasteiger partial charge < -0.3 is 10.1 Å². The smallest absolute Gasteiger partial charge is 0.0477 e. The summed E-state index contributed by atoms with van der Waals surface area (Å²) in [7, 11) is 1.77. The van der Waals surface area contributed by atoms with E-state index in [1.165, 1.54) is 13.1 Å². The van der Waals surface area contributed by atoms with Gasteiger partial charge in [-0.3, -0.25) is 4.90 Å². The van der Waals surface area contributed by atoms with E-state index in [4.69, 9.17) is 4.74 Å². The second kappa shape index (κ2) is 5.58. The Morgan fingerprint density at radius 2 is 2.31 bits per heavy atom. The Morgan fingerprint density at radius 1 is 1.54 bits per heavy atom. The Hall–Kier alpha value is -0.120. The van der Waals surface area contributed by atoms with Crippen molar-refractivity contribution in [2.75, 3.05) is 33.4 Å². The average molecular weight is 186 g/mol. The molecular formula is C10H22N2O. The van der Waals surface area contributed by atoms with E-state index in [1.54, 1.807) is 7.11 Å². The molecule has 0 spiro atoms. The van der Waals surface area contributed by atoms with Crippen molar-refractivity contribution in [1.82, 2.24) is 10.2 Å². The van der Waals surface area contributed by atoms with Crippen molar-refractivity contribution in [2.45, 2.75) is 32.4 Å². The zero-order valence-corrected chi connectivity index (χ0v) is 9.05. The maximum Gasteiger partial charge on any atom is 0.0477 e. The summed E-state index contributed by atoms with van der Waals surface area (Å²) >= 11 is 0. The van der Waals surface area contributed by atoms with Crippen LogP contribution < -0.4 is 5.32 Å². The Morgan fingerprint density at radius 3 is 2.92 bits per heavy atom. The quantitative estimate of drug-likeness (QED) is 0.699. The number of nitrogens with one attached hydrogen (secondary N) is 1. The largest absolute Gasteiger partial charge is 0.385 e. The van der Waals surface area contributed by atoms with Crippen LogP contribution in [0.5, 0.6) is 0 Å².